The predicted molar refractivity (Wildman–Crippen MR) is 78.4 cm³/mol. The summed E-state index contributed by atoms with van der Waals surface area (Å²) in [6, 6.07) is 7.85. The van der Waals surface area contributed by atoms with Crippen LogP contribution in [0.5, 0.6) is 0 Å². The zero-order valence-electron chi connectivity index (χ0n) is 10.9. The second-order valence-electron chi connectivity index (χ2n) is 4.68. The number of aryl methyl sites for hydroxylation is 1. The molecule has 1 unspecified atom stereocenters. The lowest BCUT2D eigenvalue weighted by molar-refractivity contribution is -0.122. The third-order valence-corrected chi connectivity index (χ3v) is 3.20. The Morgan fingerprint density at radius 3 is 2.89 bits per heavy atom. The number of nitrogen functional groups attached to an aromatic ring is 1. The average molecular weight is 285 g/mol. The molecule has 1 aromatic carbocycles. The van der Waals surface area contributed by atoms with E-state index in [1.807, 2.05) is 24.3 Å². The maximum Gasteiger partial charge on any atom is 0.220 e. The van der Waals surface area contributed by atoms with Crippen LogP contribution in [0.4, 0.5) is 5.69 Å². The second kappa shape index (κ2) is 8.02. The van der Waals surface area contributed by atoms with Gasteiger partial charge in [0.2, 0.25) is 5.91 Å². The van der Waals surface area contributed by atoms with Gasteiger partial charge in [0.1, 0.15) is 0 Å². The van der Waals surface area contributed by atoms with Gasteiger partial charge in [-0.05, 0) is 30.9 Å². The van der Waals surface area contributed by atoms with E-state index in [1.54, 1.807) is 0 Å². The van der Waals surface area contributed by atoms with Crippen molar-refractivity contribution in [3.05, 3.63) is 29.8 Å². The molecular weight excluding hydrogens is 264 g/mol. The van der Waals surface area contributed by atoms with E-state index in [0.29, 0.717) is 19.4 Å². The van der Waals surface area contributed by atoms with Crippen LogP contribution in [0.15, 0.2) is 24.3 Å². The Morgan fingerprint density at radius 2 is 2.21 bits per heavy atom. The summed E-state index contributed by atoms with van der Waals surface area (Å²) >= 11 is 0. The van der Waals surface area contributed by atoms with Gasteiger partial charge in [-0.3, -0.25) is 4.79 Å². The van der Waals surface area contributed by atoms with Crippen LogP contribution >= 0.6 is 12.4 Å². The summed E-state index contributed by atoms with van der Waals surface area (Å²) in [4.78, 5) is 11.8. The first-order valence-electron chi connectivity index (χ1n) is 6.46. The van der Waals surface area contributed by atoms with Crippen molar-refractivity contribution >= 4 is 24.0 Å². The van der Waals surface area contributed by atoms with Gasteiger partial charge in [-0.25, -0.2) is 0 Å². The molecule has 0 saturated carbocycles. The number of anilines is 1. The maximum atomic E-state index is 11.8. The first-order valence-corrected chi connectivity index (χ1v) is 6.46. The minimum atomic E-state index is 0. The molecular formula is C14H21ClN2O2. The molecule has 1 heterocycles. The van der Waals surface area contributed by atoms with Crippen molar-refractivity contribution in [2.45, 2.75) is 31.7 Å². The summed E-state index contributed by atoms with van der Waals surface area (Å²) < 4.78 is 5.33. The van der Waals surface area contributed by atoms with Gasteiger partial charge in [0.25, 0.3) is 0 Å². The fraction of sp³-hybridized carbons (Fsp3) is 0.500. The zero-order chi connectivity index (χ0) is 12.8. The van der Waals surface area contributed by atoms with E-state index >= 15 is 0 Å². The molecule has 0 radical (unpaired) electrons. The number of hydrogen-bond donors (Lipinski definition) is 2. The highest BCUT2D eigenvalue weighted by Crippen LogP contribution is 2.13. The minimum absolute atomic E-state index is 0. The molecule has 106 valence electrons. The van der Waals surface area contributed by atoms with Crippen molar-refractivity contribution in [3.8, 4) is 0 Å². The zero-order valence-corrected chi connectivity index (χ0v) is 11.7. The number of hydrogen-bond acceptors (Lipinski definition) is 3. The lowest BCUT2D eigenvalue weighted by Gasteiger charge is -2.23. The van der Waals surface area contributed by atoms with Gasteiger partial charge in [0.15, 0.2) is 0 Å². The van der Waals surface area contributed by atoms with Crippen LogP contribution in [0.3, 0.4) is 0 Å². The molecule has 19 heavy (non-hydrogen) atoms. The molecule has 0 aliphatic carbocycles. The van der Waals surface area contributed by atoms with Gasteiger partial charge < -0.3 is 15.8 Å². The van der Waals surface area contributed by atoms with Crippen LogP contribution in [-0.2, 0) is 16.0 Å². The molecule has 1 fully saturated rings. The van der Waals surface area contributed by atoms with E-state index in [2.05, 4.69) is 5.32 Å². The number of rotatable bonds is 4. The van der Waals surface area contributed by atoms with Gasteiger partial charge in [-0.2, -0.15) is 0 Å². The maximum absolute atomic E-state index is 11.8. The van der Waals surface area contributed by atoms with Crippen LogP contribution in [0.25, 0.3) is 0 Å². The van der Waals surface area contributed by atoms with Gasteiger partial charge in [0, 0.05) is 18.7 Å². The van der Waals surface area contributed by atoms with Crippen LogP contribution in [-0.4, -0.2) is 25.2 Å². The van der Waals surface area contributed by atoms with Gasteiger partial charge >= 0.3 is 0 Å². The molecule has 1 aromatic rings. The van der Waals surface area contributed by atoms with E-state index in [0.717, 1.165) is 30.7 Å². The summed E-state index contributed by atoms with van der Waals surface area (Å²) in [5, 5.41) is 3.00. The normalized spacial score (nSPS) is 18.4. The average Bonchev–Trinajstić information content (AvgIpc) is 2.39. The second-order valence-corrected chi connectivity index (χ2v) is 4.68. The third-order valence-electron chi connectivity index (χ3n) is 3.20. The Labute approximate surface area is 120 Å². The molecule has 0 bridgehead atoms. The number of amides is 1. The highest BCUT2D eigenvalue weighted by atomic mass is 35.5. The Morgan fingerprint density at radius 1 is 1.42 bits per heavy atom. The molecule has 4 nitrogen and oxygen atoms in total. The van der Waals surface area contributed by atoms with Crippen LogP contribution < -0.4 is 11.1 Å². The summed E-state index contributed by atoms with van der Waals surface area (Å²) in [5.41, 5.74) is 7.63. The molecule has 3 N–H and O–H groups in total. The molecule has 2 rings (SSSR count). The van der Waals surface area contributed by atoms with E-state index in [4.69, 9.17) is 10.5 Å². The summed E-state index contributed by atoms with van der Waals surface area (Å²) in [7, 11) is 0. The molecule has 1 aliphatic heterocycles. The number of para-hydroxylation sites is 1. The number of halogens is 1. The molecule has 1 aliphatic rings. The fourth-order valence-electron chi connectivity index (χ4n) is 2.16. The molecule has 0 spiro atoms. The van der Waals surface area contributed by atoms with Crippen molar-refractivity contribution in [2.24, 2.45) is 0 Å². The number of ether oxygens (including phenoxy) is 1. The van der Waals surface area contributed by atoms with Crippen LogP contribution in [0.1, 0.15) is 24.8 Å². The number of carbonyl (C=O) groups is 1. The van der Waals surface area contributed by atoms with Crippen LogP contribution in [0, 0.1) is 0 Å². The molecule has 0 aromatic heterocycles. The van der Waals surface area contributed by atoms with Crippen LogP contribution in [0.2, 0.25) is 0 Å². The van der Waals surface area contributed by atoms with Gasteiger partial charge in [0.05, 0.1) is 12.6 Å². The lowest BCUT2D eigenvalue weighted by Crippen LogP contribution is -2.40. The molecule has 1 atom stereocenters. The van der Waals surface area contributed by atoms with E-state index in [9.17, 15) is 4.79 Å². The van der Waals surface area contributed by atoms with Crippen molar-refractivity contribution in [1.82, 2.24) is 5.32 Å². The summed E-state index contributed by atoms with van der Waals surface area (Å²) in [5.74, 6) is 0.0775. The number of nitrogens with one attached hydrogen (secondary N) is 1. The smallest absolute Gasteiger partial charge is 0.220 e. The fourth-order valence-corrected chi connectivity index (χ4v) is 2.16. The Bertz CT molecular complexity index is 406. The van der Waals surface area contributed by atoms with E-state index in [-0.39, 0.29) is 24.4 Å². The van der Waals surface area contributed by atoms with Crippen molar-refractivity contribution < 1.29 is 9.53 Å². The predicted octanol–water partition coefficient (Wildman–Crippen LogP) is 1.92. The first kappa shape index (κ1) is 15.8. The molecule has 1 saturated heterocycles. The molecule has 1 amide bonds. The Kier molecular flexibility index (Phi) is 6.67. The monoisotopic (exact) mass is 284 g/mol. The van der Waals surface area contributed by atoms with Crippen molar-refractivity contribution in [2.75, 3.05) is 18.9 Å². The topological polar surface area (TPSA) is 64.4 Å². The Balaban J connectivity index is 0.00000180. The third kappa shape index (κ3) is 5.09. The number of carbonyl (C=O) groups excluding carboxylic acids is 1. The van der Waals surface area contributed by atoms with E-state index < -0.39 is 0 Å². The van der Waals surface area contributed by atoms with Gasteiger partial charge in [-0.1, -0.05) is 18.2 Å². The molecule has 5 heteroatoms. The van der Waals surface area contributed by atoms with E-state index in [1.165, 1.54) is 0 Å². The SMILES string of the molecule is Cl.Nc1ccccc1CCC(=O)NC1CCCOC1. The lowest BCUT2D eigenvalue weighted by atomic mass is 10.1. The highest BCUT2D eigenvalue weighted by Gasteiger charge is 2.15. The number of nitrogens with two attached hydrogens (primary N) is 1. The largest absolute Gasteiger partial charge is 0.399 e. The van der Waals surface area contributed by atoms with Crippen molar-refractivity contribution in [3.63, 3.8) is 0 Å². The standard InChI is InChI=1S/C14H20N2O2.ClH/c15-13-6-2-1-4-11(13)7-8-14(17)16-12-5-3-9-18-10-12;/h1-2,4,6,12H,3,5,7-10,15H2,(H,16,17);1H. The first-order chi connectivity index (χ1) is 8.75. The summed E-state index contributed by atoms with van der Waals surface area (Å²) in [6.07, 6.45) is 3.20. The number of benzene rings is 1. The quantitative estimate of drug-likeness (QED) is 0.830. The highest BCUT2D eigenvalue weighted by molar-refractivity contribution is 5.85. The minimum Gasteiger partial charge on any atom is -0.399 e. The van der Waals surface area contributed by atoms with Crippen molar-refractivity contribution in [1.29, 1.82) is 0 Å². The Hall–Kier alpha value is -1.26. The van der Waals surface area contributed by atoms with Gasteiger partial charge in [-0.15, -0.1) is 12.4 Å². The summed E-state index contributed by atoms with van der Waals surface area (Å²) in [6.45, 7) is 1.45.